The van der Waals surface area contributed by atoms with E-state index in [2.05, 4.69) is 10.1 Å². The van der Waals surface area contributed by atoms with Gasteiger partial charge in [0.1, 0.15) is 0 Å². The van der Waals surface area contributed by atoms with Gasteiger partial charge in [-0.25, -0.2) is 0 Å². The van der Waals surface area contributed by atoms with Crippen molar-refractivity contribution in [1.82, 2.24) is 10.2 Å². The second-order valence-electron chi connectivity index (χ2n) is 5.32. The number of rotatable bonds is 3. The van der Waals surface area contributed by atoms with E-state index < -0.39 is 29.4 Å². The average Bonchev–Trinajstić information content (AvgIpc) is 2.79. The van der Waals surface area contributed by atoms with Gasteiger partial charge in [-0.3, -0.25) is 24.1 Å². The Hall–Kier alpha value is -1.76. The van der Waals surface area contributed by atoms with Crippen LogP contribution < -0.4 is 5.32 Å². The SMILES string of the molecule is CNC1CC(=O)N(C(C)(C)C2CC(=O)OC2=O)C1=O. The normalized spacial score (nSPS) is 28.3. The lowest BCUT2D eigenvalue weighted by molar-refractivity contribution is -0.155. The molecule has 0 aromatic heterocycles. The van der Waals surface area contributed by atoms with Crippen molar-refractivity contribution in [2.75, 3.05) is 7.05 Å². The molecule has 2 aliphatic rings. The molecule has 0 saturated carbocycles. The molecule has 2 atom stereocenters. The Balaban J connectivity index is 2.29. The summed E-state index contributed by atoms with van der Waals surface area (Å²) in [5.74, 6) is -2.81. The van der Waals surface area contributed by atoms with Crippen molar-refractivity contribution in [2.24, 2.45) is 5.92 Å². The molecule has 2 unspecified atom stereocenters. The Morgan fingerprint density at radius 1 is 1.21 bits per heavy atom. The summed E-state index contributed by atoms with van der Waals surface area (Å²) in [6, 6.07) is -0.570. The number of carbonyl (C=O) groups excluding carboxylic acids is 4. The maximum absolute atomic E-state index is 12.1. The summed E-state index contributed by atoms with van der Waals surface area (Å²) in [7, 11) is 1.60. The van der Waals surface area contributed by atoms with Gasteiger partial charge in [-0.05, 0) is 20.9 Å². The number of amides is 2. The number of carbonyl (C=O) groups is 4. The molecule has 104 valence electrons. The van der Waals surface area contributed by atoms with Crippen LogP contribution >= 0.6 is 0 Å². The van der Waals surface area contributed by atoms with Crippen LogP contribution in [0.25, 0.3) is 0 Å². The summed E-state index contributed by atoms with van der Waals surface area (Å²) < 4.78 is 4.50. The van der Waals surface area contributed by atoms with E-state index in [-0.39, 0.29) is 24.7 Å². The van der Waals surface area contributed by atoms with E-state index in [0.717, 1.165) is 4.90 Å². The molecule has 2 fully saturated rings. The molecule has 2 amide bonds. The summed E-state index contributed by atoms with van der Waals surface area (Å²) in [6.45, 7) is 3.21. The van der Waals surface area contributed by atoms with Crippen LogP contribution in [0.4, 0.5) is 0 Å². The van der Waals surface area contributed by atoms with E-state index >= 15 is 0 Å². The number of hydrogen-bond acceptors (Lipinski definition) is 6. The minimum absolute atomic E-state index is 0.0640. The van der Waals surface area contributed by atoms with Gasteiger partial charge in [0.15, 0.2) is 0 Å². The number of likely N-dealkylation sites (N-methyl/N-ethyl adjacent to an activating group) is 1. The van der Waals surface area contributed by atoms with Gasteiger partial charge < -0.3 is 10.1 Å². The van der Waals surface area contributed by atoms with Crippen LogP contribution in [0.1, 0.15) is 26.7 Å². The number of ether oxygens (including phenoxy) is 1. The van der Waals surface area contributed by atoms with Crippen LogP contribution in [0.5, 0.6) is 0 Å². The first-order valence-corrected chi connectivity index (χ1v) is 6.07. The number of imide groups is 1. The third kappa shape index (κ3) is 2.03. The molecular weight excluding hydrogens is 252 g/mol. The summed E-state index contributed by atoms with van der Waals surface area (Å²) in [5.41, 5.74) is -1.07. The van der Waals surface area contributed by atoms with Crippen LogP contribution in [-0.2, 0) is 23.9 Å². The highest BCUT2D eigenvalue weighted by atomic mass is 16.6. The predicted octanol–water partition coefficient (Wildman–Crippen LogP) is -0.798. The van der Waals surface area contributed by atoms with Crippen LogP contribution in [0, 0.1) is 5.92 Å². The zero-order chi connectivity index (χ0) is 14.4. The van der Waals surface area contributed by atoms with E-state index in [0.29, 0.717) is 0 Å². The minimum atomic E-state index is -1.07. The number of likely N-dealkylation sites (tertiary alicyclic amines) is 1. The van der Waals surface area contributed by atoms with Gasteiger partial charge in [-0.1, -0.05) is 0 Å². The molecule has 1 N–H and O–H groups in total. The standard InChI is InChI=1S/C12H16N2O5/c1-12(2,6-4-9(16)19-11(6)18)14-8(15)5-7(13-3)10(14)17/h6-7,13H,4-5H2,1-3H3. The molecule has 0 aromatic rings. The lowest BCUT2D eigenvalue weighted by Crippen LogP contribution is -2.54. The Morgan fingerprint density at radius 3 is 2.26 bits per heavy atom. The average molecular weight is 268 g/mol. The van der Waals surface area contributed by atoms with Crippen LogP contribution in [0.2, 0.25) is 0 Å². The molecule has 0 spiro atoms. The van der Waals surface area contributed by atoms with Gasteiger partial charge in [0, 0.05) is 0 Å². The van der Waals surface area contributed by atoms with E-state index in [4.69, 9.17) is 0 Å². The van der Waals surface area contributed by atoms with Crippen LogP contribution in [0.15, 0.2) is 0 Å². The quantitative estimate of drug-likeness (QED) is 0.409. The molecule has 19 heavy (non-hydrogen) atoms. The summed E-state index contributed by atoms with van der Waals surface area (Å²) in [4.78, 5) is 48.0. The second-order valence-corrected chi connectivity index (χ2v) is 5.32. The van der Waals surface area contributed by atoms with Crippen molar-refractivity contribution in [2.45, 2.75) is 38.3 Å². The zero-order valence-electron chi connectivity index (χ0n) is 11.1. The van der Waals surface area contributed by atoms with Gasteiger partial charge in [0.25, 0.3) is 0 Å². The molecule has 0 radical (unpaired) electrons. The molecule has 7 heteroatoms. The Bertz CT molecular complexity index is 471. The lowest BCUT2D eigenvalue weighted by atomic mass is 9.84. The predicted molar refractivity (Wildman–Crippen MR) is 62.6 cm³/mol. The summed E-state index contributed by atoms with van der Waals surface area (Å²) >= 11 is 0. The number of nitrogens with one attached hydrogen (secondary N) is 1. The third-order valence-corrected chi connectivity index (χ3v) is 3.79. The first-order chi connectivity index (χ1) is 8.78. The molecule has 0 bridgehead atoms. The summed E-state index contributed by atoms with van der Waals surface area (Å²) in [6.07, 6.45) is -0.0401. The molecule has 7 nitrogen and oxygen atoms in total. The molecule has 2 rings (SSSR count). The van der Waals surface area contributed by atoms with E-state index in [1.165, 1.54) is 0 Å². The Labute approximate surface area is 110 Å². The highest BCUT2D eigenvalue weighted by Gasteiger charge is 2.54. The van der Waals surface area contributed by atoms with Gasteiger partial charge in [0.05, 0.1) is 30.3 Å². The van der Waals surface area contributed by atoms with E-state index in [1.807, 2.05) is 0 Å². The van der Waals surface area contributed by atoms with E-state index in [9.17, 15) is 19.2 Å². The lowest BCUT2D eigenvalue weighted by Gasteiger charge is -2.36. The minimum Gasteiger partial charge on any atom is -0.393 e. The third-order valence-electron chi connectivity index (χ3n) is 3.79. The number of cyclic esters (lactones) is 2. The fourth-order valence-corrected chi connectivity index (χ4v) is 2.63. The van der Waals surface area contributed by atoms with Crippen molar-refractivity contribution in [3.63, 3.8) is 0 Å². The van der Waals surface area contributed by atoms with Crippen LogP contribution in [-0.4, -0.2) is 47.3 Å². The number of esters is 2. The molecular formula is C12H16N2O5. The first kappa shape index (κ1) is 13.7. The van der Waals surface area contributed by atoms with Gasteiger partial charge in [0.2, 0.25) is 11.8 Å². The largest absolute Gasteiger partial charge is 0.393 e. The smallest absolute Gasteiger partial charge is 0.319 e. The second kappa shape index (κ2) is 4.41. The first-order valence-electron chi connectivity index (χ1n) is 6.07. The van der Waals surface area contributed by atoms with Gasteiger partial charge >= 0.3 is 11.9 Å². The van der Waals surface area contributed by atoms with Crippen molar-refractivity contribution in [3.05, 3.63) is 0 Å². The highest BCUT2D eigenvalue weighted by molar-refractivity contribution is 6.07. The van der Waals surface area contributed by atoms with Crippen molar-refractivity contribution >= 4 is 23.8 Å². The fraction of sp³-hybridized carbons (Fsp3) is 0.667. The monoisotopic (exact) mass is 268 g/mol. The summed E-state index contributed by atoms with van der Waals surface area (Å²) in [5, 5.41) is 2.76. The maximum atomic E-state index is 12.1. The van der Waals surface area contributed by atoms with Crippen molar-refractivity contribution in [3.8, 4) is 0 Å². The molecule has 2 aliphatic heterocycles. The van der Waals surface area contributed by atoms with Crippen LogP contribution in [0.3, 0.4) is 0 Å². The highest BCUT2D eigenvalue weighted by Crippen LogP contribution is 2.35. The molecule has 2 saturated heterocycles. The molecule has 2 heterocycles. The number of hydrogen-bond donors (Lipinski definition) is 1. The van der Waals surface area contributed by atoms with E-state index in [1.54, 1.807) is 20.9 Å². The van der Waals surface area contributed by atoms with Gasteiger partial charge in [-0.2, -0.15) is 0 Å². The molecule has 0 aliphatic carbocycles. The molecule has 0 aromatic carbocycles. The van der Waals surface area contributed by atoms with Gasteiger partial charge in [-0.15, -0.1) is 0 Å². The Kier molecular flexibility index (Phi) is 3.17. The van der Waals surface area contributed by atoms with Crippen molar-refractivity contribution < 1.29 is 23.9 Å². The topological polar surface area (TPSA) is 92.8 Å². The fourth-order valence-electron chi connectivity index (χ4n) is 2.63. The Morgan fingerprint density at radius 2 is 1.84 bits per heavy atom. The van der Waals surface area contributed by atoms with Crippen molar-refractivity contribution in [1.29, 1.82) is 0 Å². The zero-order valence-corrected chi connectivity index (χ0v) is 11.1. The number of nitrogens with zero attached hydrogens (tertiary/aromatic N) is 1. The maximum Gasteiger partial charge on any atom is 0.319 e.